The third-order valence-electron chi connectivity index (χ3n) is 3.21. The average molecular weight is 369 g/mol. The van der Waals surface area contributed by atoms with Gasteiger partial charge in [0.25, 0.3) is 5.91 Å². The van der Waals surface area contributed by atoms with Gasteiger partial charge in [0.05, 0.1) is 11.8 Å². The summed E-state index contributed by atoms with van der Waals surface area (Å²) in [5.41, 5.74) is -4.68. The normalized spacial score (nSPS) is 17.3. The molecule has 0 bridgehead atoms. The second kappa shape index (κ2) is 6.65. The smallest absolute Gasteiger partial charge is 0.336 e. The van der Waals surface area contributed by atoms with Crippen LogP contribution in [0.3, 0.4) is 0 Å². The second-order valence-corrected chi connectivity index (χ2v) is 7.89. The van der Waals surface area contributed by atoms with Crippen LogP contribution in [0, 0.1) is 0 Å². The number of carbonyl (C=O) groups excluding carboxylic acids is 1. The molecule has 1 aromatic rings. The quantitative estimate of drug-likeness (QED) is 0.754. The topological polar surface area (TPSA) is 70.6 Å². The molecule has 0 N–H and O–H groups in total. The van der Waals surface area contributed by atoms with Crippen LogP contribution < -0.4 is 0 Å². The van der Waals surface area contributed by atoms with E-state index in [0.717, 1.165) is 6.26 Å². The number of hydrogen-bond donors (Lipinski definition) is 0. The zero-order valence-corrected chi connectivity index (χ0v) is 13.7. The van der Waals surface area contributed by atoms with Crippen LogP contribution in [0.2, 0.25) is 0 Å². The molecule has 11 heteroatoms. The van der Waals surface area contributed by atoms with Gasteiger partial charge in [0, 0.05) is 44.1 Å². The number of hydrogen-bond acceptors (Lipinski definition) is 5. The maximum atomic E-state index is 12.5. The summed E-state index contributed by atoms with van der Waals surface area (Å²) in [5.74, 6) is -0.585. The Hall–Kier alpha value is -1.33. The third-order valence-corrected chi connectivity index (χ3v) is 5.26. The van der Waals surface area contributed by atoms with Gasteiger partial charge in [0.2, 0.25) is 10.0 Å². The zero-order valence-electron chi connectivity index (χ0n) is 12.1. The molecule has 2 rings (SSSR count). The molecule has 2 heterocycles. The number of carbonyl (C=O) groups is 1. The summed E-state index contributed by atoms with van der Waals surface area (Å²) in [6, 6.07) is 2.67. The highest BCUT2D eigenvalue weighted by Crippen LogP contribution is 2.37. The minimum absolute atomic E-state index is 0.118. The minimum Gasteiger partial charge on any atom is -0.336 e. The Kier molecular flexibility index (Phi) is 5.21. The Labute approximate surface area is 135 Å². The van der Waals surface area contributed by atoms with Gasteiger partial charge in [0.1, 0.15) is 5.03 Å². The number of alkyl halides is 3. The summed E-state index contributed by atoms with van der Waals surface area (Å²) in [4.78, 5) is 17.4. The highest BCUT2D eigenvalue weighted by molar-refractivity contribution is 8.00. The molecular formula is C12H14F3N3O3S2. The summed E-state index contributed by atoms with van der Waals surface area (Å²) in [7, 11) is -3.34. The average Bonchev–Trinajstić information content (AvgIpc) is 2.45. The first-order valence-corrected chi connectivity index (χ1v) is 9.19. The number of halogens is 3. The molecule has 0 saturated carbocycles. The van der Waals surface area contributed by atoms with Gasteiger partial charge in [-0.15, -0.1) is 0 Å². The van der Waals surface area contributed by atoms with Crippen molar-refractivity contribution < 1.29 is 26.4 Å². The van der Waals surface area contributed by atoms with Crippen molar-refractivity contribution in [1.29, 1.82) is 0 Å². The molecule has 0 radical (unpaired) electrons. The van der Waals surface area contributed by atoms with Crippen LogP contribution in [0.4, 0.5) is 13.2 Å². The molecule has 128 valence electrons. The van der Waals surface area contributed by atoms with Crippen molar-refractivity contribution in [3.8, 4) is 0 Å². The number of piperazine rings is 1. The summed E-state index contributed by atoms with van der Waals surface area (Å²) in [6.45, 7) is 0.479. The van der Waals surface area contributed by atoms with E-state index in [1.807, 2.05) is 0 Å². The molecule has 1 amide bonds. The Bertz CT molecular complexity index is 686. The molecule has 1 aliphatic rings. The summed E-state index contributed by atoms with van der Waals surface area (Å²) < 4.78 is 61.7. The fourth-order valence-corrected chi connectivity index (χ4v) is 3.56. The maximum Gasteiger partial charge on any atom is 0.447 e. The standard InChI is InChI=1S/C12H14F3N3O3S2/c1-23(20,21)18-7-5-17(6-8-18)11(19)9-3-2-4-16-10(9)22-12(13,14)15/h2-4H,5-8H2,1H3. The molecule has 1 aliphatic heterocycles. The van der Waals surface area contributed by atoms with E-state index in [1.54, 1.807) is 0 Å². The lowest BCUT2D eigenvalue weighted by atomic mass is 10.2. The predicted octanol–water partition coefficient (Wildman–Crippen LogP) is 1.41. The Morgan fingerprint density at radius 3 is 2.39 bits per heavy atom. The monoisotopic (exact) mass is 369 g/mol. The molecule has 0 atom stereocenters. The van der Waals surface area contributed by atoms with Crippen LogP contribution in [0.15, 0.2) is 23.4 Å². The maximum absolute atomic E-state index is 12.5. The number of nitrogens with zero attached hydrogens (tertiary/aromatic N) is 3. The van der Waals surface area contributed by atoms with Crippen LogP contribution in [0.25, 0.3) is 0 Å². The van der Waals surface area contributed by atoms with Crippen LogP contribution in [0.5, 0.6) is 0 Å². The molecule has 0 aromatic carbocycles. The van der Waals surface area contributed by atoms with Crippen LogP contribution in [-0.2, 0) is 10.0 Å². The van der Waals surface area contributed by atoms with Gasteiger partial charge >= 0.3 is 5.51 Å². The highest BCUT2D eigenvalue weighted by Gasteiger charge is 2.34. The lowest BCUT2D eigenvalue weighted by molar-refractivity contribution is -0.0329. The van der Waals surface area contributed by atoms with E-state index in [2.05, 4.69) is 4.98 Å². The predicted molar refractivity (Wildman–Crippen MR) is 78.5 cm³/mol. The summed E-state index contributed by atoms with van der Waals surface area (Å²) in [5, 5.41) is -0.407. The Balaban J connectivity index is 2.13. The zero-order chi connectivity index (χ0) is 17.3. The molecule has 1 fully saturated rings. The van der Waals surface area contributed by atoms with Crippen molar-refractivity contribution in [2.24, 2.45) is 0 Å². The molecule has 0 unspecified atom stereocenters. The Morgan fingerprint density at radius 1 is 1.26 bits per heavy atom. The number of aromatic nitrogens is 1. The van der Waals surface area contributed by atoms with E-state index in [0.29, 0.717) is 0 Å². The van der Waals surface area contributed by atoms with Crippen molar-refractivity contribution in [3.63, 3.8) is 0 Å². The first-order valence-electron chi connectivity index (χ1n) is 6.53. The number of rotatable bonds is 3. The van der Waals surface area contributed by atoms with E-state index >= 15 is 0 Å². The fraction of sp³-hybridized carbons (Fsp3) is 0.500. The van der Waals surface area contributed by atoms with E-state index in [1.165, 1.54) is 27.5 Å². The van der Waals surface area contributed by atoms with E-state index in [-0.39, 0.29) is 31.7 Å². The number of sulfonamides is 1. The first kappa shape index (κ1) is 18.0. The van der Waals surface area contributed by atoms with Gasteiger partial charge in [0.15, 0.2) is 0 Å². The fourth-order valence-electron chi connectivity index (χ4n) is 2.14. The lowest BCUT2D eigenvalue weighted by Crippen LogP contribution is -2.50. The first-order chi connectivity index (χ1) is 10.6. The van der Waals surface area contributed by atoms with E-state index in [9.17, 15) is 26.4 Å². The molecular weight excluding hydrogens is 355 g/mol. The van der Waals surface area contributed by atoms with Gasteiger partial charge < -0.3 is 4.90 Å². The molecule has 1 saturated heterocycles. The van der Waals surface area contributed by atoms with Crippen molar-refractivity contribution in [2.75, 3.05) is 32.4 Å². The number of thioether (sulfide) groups is 1. The Morgan fingerprint density at radius 2 is 1.87 bits per heavy atom. The molecule has 23 heavy (non-hydrogen) atoms. The molecule has 0 spiro atoms. The van der Waals surface area contributed by atoms with E-state index in [4.69, 9.17) is 0 Å². The second-order valence-electron chi connectivity index (χ2n) is 4.86. The SMILES string of the molecule is CS(=O)(=O)N1CCN(C(=O)c2cccnc2SC(F)(F)F)CC1. The van der Waals surface area contributed by atoms with Gasteiger partial charge in [-0.1, -0.05) is 0 Å². The van der Waals surface area contributed by atoms with Gasteiger partial charge in [-0.3, -0.25) is 4.79 Å². The number of amides is 1. The van der Waals surface area contributed by atoms with Crippen LogP contribution >= 0.6 is 11.8 Å². The van der Waals surface area contributed by atoms with Crippen LogP contribution in [-0.4, -0.2) is 66.5 Å². The van der Waals surface area contributed by atoms with Gasteiger partial charge in [-0.25, -0.2) is 13.4 Å². The molecule has 0 aliphatic carbocycles. The van der Waals surface area contributed by atoms with E-state index < -0.39 is 38.2 Å². The molecule has 6 nitrogen and oxygen atoms in total. The highest BCUT2D eigenvalue weighted by atomic mass is 32.2. The largest absolute Gasteiger partial charge is 0.447 e. The van der Waals surface area contributed by atoms with Crippen molar-refractivity contribution in [3.05, 3.63) is 23.9 Å². The lowest BCUT2D eigenvalue weighted by Gasteiger charge is -2.33. The summed E-state index contributed by atoms with van der Waals surface area (Å²) >= 11 is -0.440. The van der Waals surface area contributed by atoms with Crippen molar-refractivity contribution in [2.45, 2.75) is 10.5 Å². The minimum atomic E-state index is -4.54. The van der Waals surface area contributed by atoms with Crippen molar-refractivity contribution >= 4 is 27.7 Å². The number of pyridine rings is 1. The van der Waals surface area contributed by atoms with Gasteiger partial charge in [-0.2, -0.15) is 17.5 Å². The summed E-state index contributed by atoms with van der Waals surface area (Å²) in [6.07, 6.45) is 2.26. The molecule has 1 aromatic heterocycles. The van der Waals surface area contributed by atoms with Gasteiger partial charge in [-0.05, 0) is 12.1 Å². The third kappa shape index (κ3) is 4.82. The van der Waals surface area contributed by atoms with Crippen LogP contribution in [0.1, 0.15) is 10.4 Å². The van der Waals surface area contributed by atoms with Crippen molar-refractivity contribution in [1.82, 2.24) is 14.2 Å².